The number of carbonyl (C=O) groups excluding carboxylic acids is 1. The number of aliphatic carboxylic acids is 1. The summed E-state index contributed by atoms with van der Waals surface area (Å²) in [6, 6.07) is -0.567. The molecule has 0 spiro atoms. The minimum atomic E-state index is -0.849. The van der Waals surface area contributed by atoms with Crippen LogP contribution in [0, 0.1) is 5.92 Å². The van der Waals surface area contributed by atoms with E-state index < -0.39 is 12.0 Å². The molecule has 1 saturated carbocycles. The van der Waals surface area contributed by atoms with Gasteiger partial charge in [0.25, 0.3) is 0 Å². The lowest BCUT2D eigenvalue weighted by Gasteiger charge is -2.23. The topological polar surface area (TPSA) is 57.6 Å². The molecule has 0 bridgehead atoms. The van der Waals surface area contributed by atoms with Crippen molar-refractivity contribution in [3.05, 3.63) is 0 Å². The van der Waals surface area contributed by atoms with E-state index in [1.165, 1.54) is 32.1 Å². The maximum absolute atomic E-state index is 12.1. The van der Waals surface area contributed by atoms with Crippen LogP contribution < -0.4 is 0 Å². The van der Waals surface area contributed by atoms with Crippen LogP contribution >= 0.6 is 0 Å². The Morgan fingerprint density at radius 1 is 1.05 bits per heavy atom. The van der Waals surface area contributed by atoms with Crippen LogP contribution in [0.25, 0.3) is 0 Å². The van der Waals surface area contributed by atoms with E-state index in [2.05, 4.69) is 0 Å². The number of hydrogen-bond acceptors (Lipinski definition) is 2. The fourth-order valence-corrected chi connectivity index (χ4v) is 3.48. The summed E-state index contributed by atoms with van der Waals surface area (Å²) in [5, 5.41) is 9.07. The third-order valence-electron chi connectivity index (χ3n) is 4.59. The number of carbonyl (C=O) groups is 2. The average molecular weight is 267 g/mol. The highest BCUT2D eigenvalue weighted by Crippen LogP contribution is 2.28. The van der Waals surface area contributed by atoms with E-state index in [0.29, 0.717) is 19.4 Å². The van der Waals surface area contributed by atoms with Crippen LogP contribution in [0.4, 0.5) is 0 Å². The first-order valence-corrected chi connectivity index (χ1v) is 7.71. The third-order valence-corrected chi connectivity index (χ3v) is 4.59. The van der Waals surface area contributed by atoms with E-state index in [-0.39, 0.29) is 5.91 Å². The second kappa shape index (κ2) is 6.92. The molecule has 1 aliphatic carbocycles. The maximum atomic E-state index is 12.1. The molecule has 1 N–H and O–H groups in total. The van der Waals surface area contributed by atoms with Crippen LogP contribution in [0.2, 0.25) is 0 Å². The number of likely N-dealkylation sites (tertiary alicyclic amines) is 1. The van der Waals surface area contributed by atoms with Gasteiger partial charge in [0, 0.05) is 13.0 Å². The zero-order valence-electron chi connectivity index (χ0n) is 11.6. The highest BCUT2D eigenvalue weighted by molar-refractivity contribution is 5.84. The Hall–Kier alpha value is -1.06. The van der Waals surface area contributed by atoms with Gasteiger partial charge in [-0.25, -0.2) is 4.79 Å². The van der Waals surface area contributed by atoms with Crippen molar-refractivity contribution >= 4 is 11.9 Å². The Morgan fingerprint density at radius 3 is 2.47 bits per heavy atom. The first-order chi connectivity index (χ1) is 9.18. The van der Waals surface area contributed by atoms with Crippen LogP contribution in [0.15, 0.2) is 0 Å². The van der Waals surface area contributed by atoms with Crippen molar-refractivity contribution in [3.63, 3.8) is 0 Å². The Morgan fingerprint density at radius 2 is 1.79 bits per heavy atom. The van der Waals surface area contributed by atoms with Crippen molar-refractivity contribution in [3.8, 4) is 0 Å². The predicted molar refractivity (Wildman–Crippen MR) is 72.8 cm³/mol. The molecule has 19 heavy (non-hydrogen) atoms. The smallest absolute Gasteiger partial charge is 0.326 e. The first kappa shape index (κ1) is 14.4. The maximum Gasteiger partial charge on any atom is 0.326 e. The van der Waals surface area contributed by atoms with Crippen molar-refractivity contribution < 1.29 is 14.7 Å². The average Bonchev–Trinajstić information content (AvgIpc) is 2.89. The van der Waals surface area contributed by atoms with Crippen LogP contribution in [0.5, 0.6) is 0 Å². The Kier molecular flexibility index (Phi) is 5.23. The highest BCUT2D eigenvalue weighted by atomic mass is 16.4. The molecule has 4 nitrogen and oxygen atoms in total. The molecule has 1 amide bonds. The van der Waals surface area contributed by atoms with Crippen molar-refractivity contribution in [1.29, 1.82) is 0 Å². The molecule has 1 atom stereocenters. The van der Waals surface area contributed by atoms with Gasteiger partial charge in [0.2, 0.25) is 5.91 Å². The molecule has 0 radical (unpaired) electrons. The van der Waals surface area contributed by atoms with Gasteiger partial charge < -0.3 is 10.0 Å². The van der Waals surface area contributed by atoms with E-state index in [1.807, 2.05) is 0 Å². The van der Waals surface area contributed by atoms with Gasteiger partial charge >= 0.3 is 5.97 Å². The third kappa shape index (κ3) is 3.95. The zero-order valence-corrected chi connectivity index (χ0v) is 11.6. The standard InChI is InChI=1S/C15H25NO3/c17-14(16-11-5-9-13(16)15(18)19)10-4-8-12-6-2-1-3-7-12/h12-13H,1-11H2,(H,18,19)/t13-/m0/s1. The minimum absolute atomic E-state index is 0.0423. The van der Waals surface area contributed by atoms with Crippen LogP contribution in [0.3, 0.4) is 0 Å². The fourth-order valence-electron chi connectivity index (χ4n) is 3.48. The highest BCUT2D eigenvalue weighted by Gasteiger charge is 2.33. The minimum Gasteiger partial charge on any atom is -0.480 e. The Bertz CT molecular complexity index is 323. The second-order valence-electron chi connectivity index (χ2n) is 5.98. The molecule has 2 aliphatic rings. The summed E-state index contributed by atoms with van der Waals surface area (Å²) in [6.07, 6.45) is 10.7. The largest absolute Gasteiger partial charge is 0.480 e. The van der Waals surface area contributed by atoms with Gasteiger partial charge in [-0.05, 0) is 31.6 Å². The van der Waals surface area contributed by atoms with Crippen LogP contribution in [0.1, 0.15) is 64.2 Å². The summed E-state index contributed by atoms with van der Waals surface area (Å²) in [5.41, 5.74) is 0. The van der Waals surface area contributed by atoms with E-state index >= 15 is 0 Å². The lowest BCUT2D eigenvalue weighted by atomic mass is 9.86. The lowest BCUT2D eigenvalue weighted by molar-refractivity contribution is -0.148. The van der Waals surface area contributed by atoms with Gasteiger partial charge in [0.05, 0.1) is 0 Å². The van der Waals surface area contributed by atoms with Crippen molar-refractivity contribution in [2.24, 2.45) is 5.92 Å². The van der Waals surface area contributed by atoms with E-state index in [9.17, 15) is 9.59 Å². The molecule has 1 heterocycles. The molecule has 0 aromatic heterocycles. The van der Waals surface area contributed by atoms with Gasteiger partial charge in [-0.1, -0.05) is 32.1 Å². The molecule has 0 aromatic rings. The first-order valence-electron chi connectivity index (χ1n) is 7.71. The zero-order chi connectivity index (χ0) is 13.7. The molecule has 108 valence electrons. The Balaban J connectivity index is 1.70. The fraction of sp³-hybridized carbons (Fsp3) is 0.867. The number of carboxylic acid groups (broad SMARTS) is 1. The number of carboxylic acids is 1. The number of rotatable bonds is 5. The normalized spacial score (nSPS) is 24.6. The Labute approximate surface area is 115 Å². The lowest BCUT2D eigenvalue weighted by Crippen LogP contribution is -2.40. The van der Waals surface area contributed by atoms with E-state index in [0.717, 1.165) is 25.2 Å². The van der Waals surface area contributed by atoms with Crippen LogP contribution in [-0.4, -0.2) is 34.5 Å². The number of nitrogens with zero attached hydrogens (tertiary/aromatic N) is 1. The van der Waals surface area contributed by atoms with Crippen LogP contribution in [-0.2, 0) is 9.59 Å². The van der Waals surface area contributed by atoms with Gasteiger partial charge in [-0.15, -0.1) is 0 Å². The monoisotopic (exact) mass is 267 g/mol. The van der Waals surface area contributed by atoms with E-state index in [1.54, 1.807) is 4.90 Å². The number of amides is 1. The van der Waals surface area contributed by atoms with Crippen molar-refractivity contribution in [2.45, 2.75) is 70.3 Å². The molecule has 2 rings (SSSR count). The van der Waals surface area contributed by atoms with E-state index in [4.69, 9.17) is 5.11 Å². The molecule has 1 aliphatic heterocycles. The summed E-state index contributed by atoms with van der Waals surface area (Å²) in [5.74, 6) is -0.00533. The summed E-state index contributed by atoms with van der Waals surface area (Å²) in [7, 11) is 0. The molecular formula is C15H25NO3. The van der Waals surface area contributed by atoms with Gasteiger partial charge in [0.1, 0.15) is 6.04 Å². The summed E-state index contributed by atoms with van der Waals surface area (Å²) in [4.78, 5) is 24.7. The van der Waals surface area contributed by atoms with Gasteiger partial charge in [-0.3, -0.25) is 4.79 Å². The quantitative estimate of drug-likeness (QED) is 0.833. The van der Waals surface area contributed by atoms with Crippen molar-refractivity contribution in [1.82, 2.24) is 4.90 Å². The van der Waals surface area contributed by atoms with Gasteiger partial charge in [-0.2, -0.15) is 0 Å². The van der Waals surface area contributed by atoms with Crippen molar-refractivity contribution in [2.75, 3.05) is 6.54 Å². The second-order valence-corrected chi connectivity index (χ2v) is 5.98. The SMILES string of the molecule is O=C(O)[C@@H]1CCCN1C(=O)CCCC1CCCCC1. The predicted octanol–water partition coefficient (Wildman–Crippen LogP) is 2.81. The molecule has 0 unspecified atom stereocenters. The molecule has 4 heteroatoms. The van der Waals surface area contributed by atoms with Gasteiger partial charge in [0.15, 0.2) is 0 Å². The molecule has 2 fully saturated rings. The molecule has 1 saturated heterocycles. The summed E-state index contributed by atoms with van der Waals surface area (Å²) in [6.45, 7) is 0.624. The molecule has 0 aromatic carbocycles. The number of hydrogen-bond donors (Lipinski definition) is 1. The summed E-state index contributed by atoms with van der Waals surface area (Å²) >= 11 is 0. The molecular weight excluding hydrogens is 242 g/mol. The summed E-state index contributed by atoms with van der Waals surface area (Å²) < 4.78 is 0.